The van der Waals surface area contributed by atoms with Gasteiger partial charge in [0.15, 0.2) is 14.1 Å². The van der Waals surface area contributed by atoms with Crippen molar-refractivity contribution in [1.82, 2.24) is 5.16 Å². The summed E-state index contributed by atoms with van der Waals surface area (Å²) in [5, 5.41) is 4.12. The summed E-state index contributed by atoms with van der Waals surface area (Å²) in [5.74, 6) is 0.749. The second-order valence-corrected chi connectivity index (χ2v) is 12.0. The van der Waals surface area contributed by atoms with Crippen molar-refractivity contribution in [3.05, 3.63) is 77.5 Å². The molecule has 0 spiro atoms. The molecule has 3 rings (SSSR count). The highest BCUT2D eigenvalue weighted by Crippen LogP contribution is 2.26. The van der Waals surface area contributed by atoms with Crippen LogP contribution in [0.1, 0.15) is 22.9 Å². The average Bonchev–Trinajstić information content (AvgIpc) is 3.02. The van der Waals surface area contributed by atoms with Crippen LogP contribution in [-0.2, 0) is 4.43 Å². The molecule has 0 aliphatic carbocycles. The Morgan fingerprint density at radius 2 is 1.67 bits per heavy atom. The molecule has 5 heteroatoms. The second kappa shape index (κ2) is 8.46. The topological polar surface area (TPSA) is 47.6 Å². The minimum Gasteiger partial charge on any atom is -0.409 e. The number of aliphatic imine (C=N–C) groups is 1. The molecule has 1 heterocycles. The number of rotatable bonds is 7. The van der Waals surface area contributed by atoms with Crippen molar-refractivity contribution < 1.29 is 8.95 Å². The smallest absolute Gasteiger partial charge is 0.184 e. The molecule has 3 aromatic rings. The Balaban J connectivity index is 1.82. The van der Waals surface area contributed by atoms with E-state index in [0.29, 0.717) is 6.54 Å². The fourth-order valence-corrected chi connectivity index (χ4v) is 3.94. The summed E-state index contributed by atoms with van der Waals surface area (Å²) < 4.78 is 11.9. The van der Waals surface area contributed by atoms with Crippen molar-refractivity contribution in [2.75, 3.05) is 6.54 Å². The maximum atomic E-state index is 6.37. The van der Waals surface area contributed by atoms with Gasteiger partial charge in [0.05, 0.1) is 23.9 Å². The molecule has 140 valence electrons. The molecular weight excluding hydrogens is 352 g/mol. The molecular formula is C22H26N2O2Si. The molecule has 1 aromatic heterocycles. The quantitative estimate of drug-likeness (QED) is 0.393. The number of benzene rings is 2. The van der Waals surface area contributed by atoms with E-state index in [4.69, 9.17) is 13.9 Å². The van der Waals surface area contributed by atoms with Gasteiger partial charge in [-0.15, -0.1) is 0 Å². The van der Waals surface area contributed by atoms with Gasteiger partial charge in [0.25, 0.3) is 0 Å². The molecule has 27 heavy (non-hydrogen) atoms. The van der Waals surface area contributed by atoms with Crippen LogP contribution in [0.15, 0.2) is 70.2 Å². The number of nitrogens with zero attached hydrogens (tertiary/aromatic N) is 2. The number of aryl methyl sites for hydroxylation is 1. The number of hydrogen-bond donors (Lipinski definition) is 0. The Kier molecular flexibility index (Phi) is 6.03. The van der Waals surface area contributed by atoms with Crippen LogP contribution in [0.25, 0.3) is 11.3 Å². The van der Waals surface area contributed by atoms with Gasteiger partial charge in [0, 0.05) is 11.8 Å². The first-order valence-corrected chi connectivity index (χ1v) is 12.6. The van der Waals surface area contributed by atoms with E-state index in [1.54, 1.807) is 0 Å². The normalized spacial score (nSPS) is 13.2. The van der Waals surface area contributed by atoms with Crippen molar-refractivity contribution in [3.8, 4) is 11.3 Å². The van der Waals surface area contributed by atoms with Crippen LogP contribution < -0.4 is 0 Å². The third-order valence-corrected chi connectivity index (χ3v) is 5.09. The molecule has 0 aliphatic rings. The summed E-state index contributed by atoms with van der Waals surface area (Å²) in [6.45, 7) is 9.09. The van der Waals surface area contributed by atoms with E-state index in [9.17, 15) is 0 Å². The Labute approximate surface area is 162 Å². The van der Waals surface area contributed by atoms with Gasteiger partial charge in [-0.3, -0.25) is 4.99 Å². The third kappa shape index (κ3) is 5.25. The van der Waals surface area contributed by atoms with E-state index in [0.717, 1.165) is 28.1 Å². The van der Waals surface area contributed by atoms with Crippen LogP contribution in [0.5, 0.6) is 0 Å². The van der Waals surface area contributed by atoms with Crippen LogP contribution >= 0.6 is 0 Å². The highest BCUT2D eigenvalue weighted by Gasteiger charge is 2.22. The molecule has 0 fully saturated rings. The molecule has 0 amide bonds. The molecule has 0 N–H and O–H groups in total. The lowest BCUT2D eigenvalue weighted by atomic mass is 10.1. The molecule has 1 atom stereocenters. The van der Waals surface area contributed by atoms with E-state index in [2.05, 4.69) is 36.9 Å². The summed E-state index contributed by atoms with van der Waals surface area (Å²) >= 11 is 0. The van der Waals surface area contributed by atoms with Gasteiger partial charge in [-0.25, -0.2) is 0 Å². The first-order chi connectivity index (χ1) is 12.9. The Bertz CT molecular complexity index is 884. The van der Waals surface area contributed by atoms with Gasteiger partial charge in [-0.1, -0.05) is 65.8 Å². The third-order valence-electron chi connectivity index (χ3n) is 4.10. The number of hydrogen-bond acceptors (Lipinski definition) is 4. The standard InChI is InChI=1S/C22H26N2O2Si/c1-17-20(22(25-24-17)19-13-9-6-10-14-19)15-23-16-21(26-27(2,3)4)18-11-7-5-8-12-18/h5-15,21H,16H2,1-4H3/t21-/m1/s1. The largest absolute Gasteiger partial charge is 0.409 e. The SMILES string of the molecule is Cc1noc(-c2ccccc2)c1C=NC[C@@H](O[Si](C)(C)C)c1ccccc1. The monoisotopic (exact) mass is 378 g/mol. The van der Waals surface area contributed by atoms with E-state index in [1.165, 1.54) is 0 Å². The summed E-state index contributed by atoms with van der Waals surface area (Å²) in [7, 11) is -1.70. The Morgan fingerprint density at radius 1 is 1.04 bits per heavy atom. The van der Waals surface area contributed by atoms with Crippen molar-refractivity contribution in [2.45, 2.75) is 32.7 Å². The molecule has 0 unspecified atom stereocenters. The first kappa shape index (κ1) is 19.3. The molecule has 4 nitrogen and oxygen atoms in total. The molecule has 0 saturated carbocycles. The van der Waals surface area contributed by atoms with Crippen molar-refractivity contribution >= 4 is 14.5 Å². The van der Waals surface area contributed by atoms with E-state index < -0.39 is 8.32 Å². The highest BCUT2D eigenvalue weighted by molar-refractivity contribution is 6.69. The van der Waals surface area contributed by atoms with Crippen LogP contribution in [0.3, 0.4) is 0 Å². The predicted octanol–water partition coefficient (Wildman–Crippen LogP) is 5.66. The molecule has 0 radical (unpaired) electrons. The van der Waals surface area contributed by atoms with Gasteiger partial charge < -0.3 is 8.95 Å². The molecule has 2 aromatic carbocycles. The van der Waals surface area contributed by atoms with Gasteiger partial charge in [0.2, 0.25) is 0 Å². The predicted molar refractivity (Wildman–Crippen MR) is 113 cm³/mol. The lowest BCUT2D eigenvalue weighted by Crippen LogP contribution is -2.29. The lowest BCUT2D eigenvalue weighted by Gasteiger charge is -2.25. The van der Waals surface area contributed by atoms with E-state index >= 15 is 0 Å². The van der Waals surface area contributed by atoms with Gasteiger partial charge >= 0.3 is 0 Å². The molecule has 0 aliphatic heterocycles. The van der Waals surface area contributed by atoms with Crippen molar-refractivity contribution in [2.24, 2.45) is 4.99 Å². The van der Waals surface area contributed by atoms with Crippen LogP contribution in [0, 0.1) is 6.92 Å². The van der Waals surface area contributed by atoms with Crippen molar-refractivity contribution in [3.63, 3.8) is 0 Å². The molecule has 0 bridgehead atoms. The average molecular weight is 379 g/mol. The van der Waals surface area contributed by atoms with Gasteiger partial charge in [0.1, 0.15) is 0 Å². The maximum absolute atomic E-state index is 6.37. The molecule has 0 saturated heterocycles. The van der Waals surface area contributed by atoms with Gasteiger partial charge in [-0.05, 0) is 32.1 Å². The minimum absolute atomic E-state index is 0.0468. The summed E-state index contributed by atoms with van der Waals surface area (Å²) in [4.78, 5) is 4.69. The minimum atomic E-state index is -1.70. The van der Waals surface area contributed by atoms with Crippen LogP contribution in [-0.4, -0.2) is 26.2 Å². The summed E-state index contributed by atoms with van der Waals surface area (Å²) in [5.41, 5.74) is 3.90. The Hall–Kier alpha value is -2.50. The highest BCUT2D eigenvalue weighted by atomic mass is 28.4. The lowest BCUT2D eigenvalue weighted by molar-refractivity contribution is 0.207. The first-order valence-electron chi connectivity index (χ1n) is 9.18. The zero-order valence-corrected chi connectivity index (χ0v) is 17.3. The summed E-state index contributed by atoms with van der Waals surface area (Å²) in [6.07, 6.45) is 1.81. The van der Waals surface area contributed by atoms with Gasteiger partial charge in [-0.2, -0.15) is 0 Å². The zero-order chi connectivity index (χ0) is 19.3. The fraction of sp³-hybridized carbons (Fsp3) is 0.273. The number of aromatic nitrogens is 1. The van der Waals surface area contributed by atoms with E-state index in [-0.39, 0.29) is 6.10 Å². The zero-order valence-electron chi connectivity index (χ0n) is 16.3. The van der Waals surface area contributed by atoms with E-state index in [1.807, 2.05) is 61.7 Å². The fourth-order valence-electron chi connectivity index (χ4n) is 2.87. The second-order valence-electron chi connectivity index (χ2n) is 7.50. The van der Waals surface area contributed by atoms with Crippen LogP contribution in [0.2, 0.25) is 19.6 Å². The summed E-state index contributed by atoms with van der Waals surface area (Å²) in [6, 6.07) is 20.3. The van der Waals surface area contributed by atoms with Crippen molar-refractivity contribution in [1.29, 1.82) is 0 Å². The Morgan fingerprint density at radius 3 is 2.30 bits per heavy atom. The van der Waals surface area contributed by atoms with Crippen LogP contribution in [0.4, 0.5) is 0 Å². The maximum Gasteiger partial charge on any atom is 0.184 e.